The molecule has 0 spiro atoms. The molecule has 0 radical (unpaired) electrons. The highest BCUT2D eigenvalue weighted by atomic mass is 32.2. The average molecular weight is 348 g/mol. The van der Waals surface area contributed by atoms with Gasteiger partial charge in [-0.05, 0) is 18.6 Å². The van der Waals surface area contributed by atoms with Crippen LogP contribution in [-0.4, -0.2) is 19.9 Å². The van der Waals surface area contributed by atoms with Crippen LogP contribution >= 0.6 is 11.8 Å². The number of aromatic nitrogens is 4. The van der Waals surface area contributed by atoms with Gasteiger partial charge >= 0.3 is 0 Å². The Morgan fingerprint density at radius 2 is 1.84 bits per heavy atom. The van der Waals surface area contributed by atoms with Crippen molar-refractivity contribution in [3.05, 3.63) is 78.2 Å². The molecule has 2 aromatic heterocycles. The van der Waals surface area contributed by atoms with E-state index in [0.29, 0.717) is 5.75 Å². The number of aryl methyl sites for hydroxylation is 1. The molecule has 0 aliphatic carbocycles. The van der Waals surface area contributed by atoms with E-state index < -0.39 is 0 Å². The van der Waals surface area contributed by atoms with Gasteiger partial charge in [0.2, 0.25) is 0 Å². The molecule has 0 aliphatic rings. The molecular formula is C19H16N4OS. The highest BCUT2D eigenvalue weighted by Crippen LogP contribution is 2.26. The maximum Gasteiger partial charge on any atom is 0.196 e. The van der Waals surface area contributed by atoms with E-state index in [-0.39, 0.29) is 0 Å². The Hall–Kier alpha value is -2.86. The molecule has 0 unspecified atom stereocenters. The largest absolute Gasteiger partial charge is 0.356 e. The predicted octanol–water partition coefficient (Wildman–Crippen LogP) is 4.52. The predicted molar refractivity (Wildman–Crippen MR) is 97.6 cm³/mol. The third-order valence-electron chi connectivity index (χ3n) is 3.86. The van der Waals surface area contributed by atoms with Crippen LogP contribution in [-0.2, 0) is 5.75 Å². The van der Waals surface area contributed by atoms with Gasteiger partial charge in [0, 0.05) is 17.4 Å². The average Bonchev–Trinajstić information content (AvgIpc) is 3.30. The Labute approximate surface area is 149 Å². The van der Waals surface area contributed by atoms with E-state index in [1.165, 1.54) is 5.56 Å². The summed E-state index contributed by atoms with van der Waals surface area (Å²) < 4.78 is 7.45. The van der Waals surface area contributed by atoms with Crippen molar-refractivity contribution in [3.63, 3.8) is 0 Å². The summed E-state index contributed by atoms with van der Waals surface area (Å²) in [6.07, 6.45) is 1.74. The second-order valence-electron chi connectivity index (χ2n) is 5.61. The summed E-state index contributed by atoms with van der Waals surface area (Å²) in [6, 6.07) is 20.1. The summed E-state index contributed by atoms with van der Waals surface area (Å²) in [5.74, 6) is 1.44. The van der Waals surface area contributed by atoms with Crippen molar-refractivity contribution in [3.8, 4) is 17.0 Å². The molecule has 0 fully saturated rings. The van der Waals surface area contributed by atoms with Crippen molar-refractivity contribution in [2.45, 2.75) is 17.8 Å². The first-order valence-electron chi connectivity index (χ1n) is 7.91. The van der Waals surface area contributed by atoms with Gasteiger partial charge in [-0.1, -0.05) is 65.4 Å². The lowest BCUT2D eigenvalue weighted by Gasteiger charge is -2.08. The van der Waals surface area contributed by atoms with Crippen molar-refractivity contribution in [1.29, 1.82) is 0 Å². The van der Waals surface area contributed by atoms with Gasteiger partial charge in [0.1, 0.15) is 6.33 Å². The summed E-state index contributed by atoms with van der Waals surface area (Å²) in [5.41, 5.74) is 4.16. The fourth-order valence-electron chi connectivity index (χ4n) is 2.58. The van der Waals surface area contributed by atoms with Crippen molar-refractivity contribution in [2.75, 3.05) is 0 Å². The summed E-state index contributed by atoms with van der Waals surface area (Å²) >= 11 is 1.59. The Bertz CT molecular complexity index is 978. The maximum atomic E-state index is 5.45. The summed E-state index contributed by atoms with van der Waals surface area (Å²) in [5, 5.41) is 13.3. The van der Waals surface area contributed by atoms with Crippen LogP contribution in [0.3, 0.4) is 0 Å². The van der Waals surface area contributed by atoms with Gasteiger partial charge in [-0.3, -0.25) is 4.57 Å². The summed E-state index contributed by atoms with van der Waals surface area (Å²) in [4.78, 5) is 0. The van der Waals surface area contributed by atoms with Crippen molar-refractivity contribution >= 4 is 11.8 Å². The smallest absolute Gasteiger partial charge is 0.196 e. The van der Waals surface area contributed by atoms with Crippen LogP contribution < -0.4 is 0 Å². The van der Waals surface area contributed by atoms with Crippen LogP contribution in [0.25, 0.3) is 17.0 Å². The quantitative estimate of drug-likeness (QED) is 0.496. The first-order chi connectivity index (χ1) is 12.3. The first kappa shape index (κ1) is 15.7. The van der Waals surface area contributed by atoms with E-state index in [4.69, 9.17) is 4.52 Å². The van der Waals surface area contributed by atoms with Crippen molar-refractivity contribution < 1.29 is 4.52 Å². The van der Waals surface area contributed by atoms with Crippen LogP contribution in [0.1, 0.15) is 11.3 Å². The molecule has 4 rings (SSSR count). The molecule has 6 heteroatoms. The summed E-state index contributed by atoms with van der Waals surface area (Å²) in [7, 11) is 0. The molecule has 0 N–H and O–H groups in total. The van der Waals surface area contributed by atoms with E-state index in [2.05, 4.69) is 34.4 Å². The number of para-hydroxylation sites is 1. The zero-order valence-corrected chi connectivity index (χ0v) is 14.5. The number of hydrogen-bond acceptors (Lipinski definition) is 5. The van der Waals surface area contributed by atoms with Crippen LogP contribution in [0.2, 0.25) is 0 Å². The standard InChI is InChI=1S/C19H16N4OS/c1-14-7-5-6-10-17(14)23-13-20-21-19(23)25-12-16-11-18(24-22-16)15-8-3-2-4-9-15/h2-11,13H,12H2,1H3. The van der Waals surface area contributed by atoms with E-state index in [0.717, 1.165) is 27.9 Å². The molecule has 0 saturated heterocycles. The molecule has 4 aromatic rings. The minimum absolute atomic E-state index is 0.668. The van der Waals surface area contributed by atoms with Crippen LogP contribution in [0, 0.1) is 6.92 Å². The Kier molecular flexibility index (Phi) is 4.35. The number of benzene rings is 2. The lowest BCUT2D eigenvalue weighted by molar-refractivity contribution is 0.426. The molecule has 0 atom stereocenters. The molecule has 2 aromatic carbocycles. The van der Waals surface area contributed by atoms with Gasteiger partial charge in [-0.15, -0.1) is 10.2 Å². The molecular weight excluding hydrogens is 332 g/mol. The van der Waals surface area contributed by atoms with E-state index in [1.807, 2.05) is 53.1 Å². The second kappa shape index (κ2) is 6.94. The Morgan fingerprint density at radius 1 is 1.04 bits per heavy atom. The van der Waals surface area contributed by atoms with Crippen LogP contribution in [0.15, 0.2) is 76.7 Å². The van der Waals surface area contributed by atoms with Gasteiger partial charge in [0.25, 0.3) is 0 Å². The molecule has 5 nitrogen and oxygen atoms in total. The monoisotopic (exact) mass is 348 g/mol. The van der Waals surface area contributed by atoms with E-state index >= 15 is 0 Å². The minimum atomic E-state index is 0.668. The fourth-order valence-corrected chi connectivity index (χ4v) is 3.38. The molecule has 0 saturated carbocycles. The molecule has 0 bridgehead atoms. The molecule has 124 valence electrons. The topological polar surface area (TPSA) is 56.7 Å². The normalized spacial score (nSPS) is 10.9. The third-order valence-corrected chi connectivity index (χ3v) is 4.83. The van der Waals surface area contributed by atoms with E-state index in [1.54, 1.807) is 18.1 Å². The van der Waals surface area contributed by atoms with Gasteiger partial charge < -0.3 is 4.52 Å². The third kappa shape index (κ3) is 3.34. The van der Waals surface area contributed by atoms with Gasteiger partial charge in [-0.25, -0.2) is 0 Å². The number of nitrogens with zero attached hydrogens (tertiary/aromatic N) is 4. The molecule has 25 heavy (non-hydrogen) atoms. The number of thioether (sulfide) groups is 1. The molecule has 0 aliphatic heterocycles. The lowest BCUT2D eigenvalue weighted by atomic mass is 10.2. The molecule has 2 heterocycles. The van der Waals surface area contributed by atoms with Crippen LogP contribution in [0.4, 0.5) is 0 Å². The molecule has 0 amide bonds. The zero-order chi connectivity index (χ0) is 17.1. The first-order valence-corrected chi connectivity index (χ1v) is 8.89. The fraction of sp³-hybridized carbons (Fsp3) is 0.105. The van der Waals surface area contributed by atoms with Crippen molar-refractivity contribution in [1.82, 2.24) is 19.9 Å². The zero-order valence-electron chi connectivity index (χ0n) is 13.7. The summed E-state index contributed by atoms with van der Waals surface area (Å²) in [6.45, 7) is 2.08. The second-order valence-corrected chi connectivity index (χ2v) is 6.55. The Morgan fingerprint density at radius 3 is 2.68 bits per heavy atom. The lowest BCUT2D eigenvalue weighted by Crippen LogP contribution is -1.97. The van der Waals surface area contributed by atoms with Gasteiger partial charge in [0.15, 0.2) is 10.9 Å². The maximum absolute atomic E-state index is 5.45. The number of hydrogen-bond donors (Lipinski definition) is 0. The van der Waals surface area contributed by atoms with Crippen LogP contribution in [0.5, 0.6) is 0 Å². The van der Waals surface area contributed by atoms with Gasteiger partial charge in [-0.2, -0.15) is 0 Å². The van der Waals surface area contributed by atoms with E-state index in [9.17, 15) is 0 Å². The van der Waals surface area contributed by atoms with Gasteiger partial charge in [0.05, 0.1) is 11.4 Å². The van der Waals surface area contributed by atoms with Crippen molar-refractivity contribution in [2.24, 2.45) is 0 Å². The minimum Gasteiger partial charge on any atom is -0.356 e. The highest BCUT2D eigenvalue weighted by Gasteiger charge is 2.12. The number of rotatable bonds is 5. The highest BCUT2D eigenvalue weighted by molar-refractivity contribution is 7.98. The SMILES string of the molecule is Cc1ccccc1-n1cnnc1SCc1cc(-c2ccccc2)on1. The Balaban J connectivity index is 1.51.